The number of benzene rings is 2. The summed E-state index contributed by atoms with van der Waals surface area (Å²) < 4.78 is 0. The molecule has 2 nitrogen and oxygen atoms in total. The van der Waals surface area contributed by atoms with Gasteiger partial charge in [0.15, 0.2) is 12.1 Å². The van der Waals surface area contributed by atoms with Crippen molar-refractivity contribution in [3.8, 4) is 11.1 Å². The molecule has 0 aliphatic carbocycles. The molecule has 0 atom stereocenters. The number of carbonyl (C=O) groups excluding carboxylic acids is 2. The van der Waals surface area contributed by atoms with Crippen molar-refractivity contribution >= 4 is 12.1 Å². The summed E-state index contributed by atoms with van der Waals surface area (Å²) in [5.74, 6) is 0.0419. The maximum absolute atomic E-state index is 11.2. The van der Waals surface area contributed by atoms with E-state index in [9.17, 15) is 9.59 Å². The van der Waals surface area contributed by atoms with Crippen LogP contribution in [0.5, 0.6) is 0 Å². The average Bonchev–Trinajstić information content (AvgIpc) is 2.39. The van der Waals surface area contributed by atoms with Gasteiger partial charge in [0, 0.05) is 11.1 Å². The van der Waals surface area contributed by atoms with Gasteiger partial charge < -0.3 is 0 Å². The van der Waals surface area contributed by atoms with Crippen molar-refractivity contribution in [1.29, 1.82) is 0 Å². The molecule has 2 rings (SSSR count). The van der Waals surface area contributed by atoms with E-state index < -0.39 is 0 Å². The van der Waals surface area contributed by atoms with Gasteiger partial charge in [-0.1, -0.05) is 48.5 Å². The van der Waals surface area contributed by atoms with E-state index in [2.05, 4.69) is 0 Å². The molecule has 0 aliphatic rings. The first-order valence-corrected chi connectivity index (χ1v) is 5.38. The van der Waals surface area contributed by atoms with Gasteiger partial charge in [0.1, 0.15) is 0 Å². The number of rotatable bonds is 3. The third kappa shape index (κ3) is 2.31. The molecule has 2 heteroatoms. The second-order valence-electron chi connectivity index (χ2n) is 3.84. The number of hydrogen-bond acceptors (Lipinski definition) is 2. The van der Waals surface area contributed by atoms with Crippen LogP contribution in [0.3, 0.4) is 0 Å². The third-order valence-electron chi connectivity index (χ3n) is 2.69. The summed E-state index contributed by atoms with van der Waals surface area (Å²) in [5, 5.41) is 0. The highest BCUT2D eigenvalue weighted by Crippen LogP contribution is 2.22. The molecule has 0 bridgehead atoms. The predicted molar refractivity (Wildman–Crippen MR) is 67.3 cm³/mol. The molecular weight excluding hydrogens is 212 g/mol. The summed E-state index contributed by atoms with van der Waals surface area (Å²) in [4.78, 5) is 22.1. The Morgan fingerprint density at radius 1 is 1.00 bits per heavy atom. The Morgan fingerprint density at radius 2 is 1.65 bits per heavy atom. The Morgan fingerprint density at radius 3 is 2.24 bits per heavy atom. The first kappa shape index (κ1) is 11.3. The molecule has 0 radical (unpaired) electrons. The van der Waals surface area contributed by atoms with E-state index in [1.807, 2.05) is 30.3 Å². The summed E-state index contributed by atoms with van der Waals surface area (Å²) in [5.41, 5.74) is 3.16. The second-order valence-corrected chi connectivity index (χ2v) is 3.84. The Balaban J connectivity index is 2.46. The molecule has 2 aromatic carbocycles. The lowest BCUT2D eigenvalue weighted by Crippen LogP contribution is -1.92. The van der Waals surface area contributed by atoms with Crippen molar-refractivity contribution in [2.24, 2.45) is 0 Å². The van der Waals surface area contributed by atoms with Crippen LogP contribution in [-0.2, 0) is 0 Å². The van der Waals surface area contributed by atoms with Gasteiger partial charge >= 0.3 is 0 Å². The summed E-state index contributed by atoms with van der Waals surface area (Å²) in [6.07, 6.45) is 0.841. The van der Waals surface area contributed by atoms with Crippen LogP contribution in [-0.4, -0.2) is 12.1 Å². The molecule has 17 heavy (non-hydrogen) atoms. The van der Waals surface area contributed by atoms with E-state index in [1.54, 1.807) is 18.2 Å². The lowest BCUT2D eigenvalue weighted by Gasteiger charge is -2.05. The number of Topliss-reactive ketones (excluding diaryl/α,β-unsaturated/α-hetero) is 1. The number of aldehydes is 1. The minimum atomic E-state index is 0.0419. The van der Waals surface area contributed by atoms with Gasteiger partial charge in [0.25, 0.3) is 0 Å². The molecule has 0 spiro atoms. The first-order valence-electron chi connectivity index (χ1n) is 5.38. The van der Waals surface area contributed by atoms with Crippen LogP contribution in [0, 0.1) is 0 Å². The Hall–Kier alpha value is -2.22. The second kappa shape index (κ2) is 4.74. The van der Waals surface area contributed by atoms with Crippen LogP contribution >= 0.6 is 0 Å². The Bertz CT molecular complexity index is 553. The molecule has 0 aliphatic heterocycles. The molecule has 0 saturated carbocycles. The first-order chi connectivity index (χ1) is 8.22. The van der Waals surface area contributed by atoms with Gasteiger partial charge in [-0.25, -0.2) is 0 Å². The van der Waals surface area contributed by atoms with Crippen molar-refractivity contribution < 1.29 is 9.59 Å². The van der Waals surface area contributed by atoms with Crippen LogP contribution in [0.4, 0.5) is 0 Å². The molecule has 0 unspecified atom stereocenters. The van der Waals surface area contributed by atoms with E-state index in [0.717, 1.165) is 17.4 Å². The maximum Gasteiger partial charge on any atom is 0.159 e. The number of carbonyl (C=O) groups is 2. The molecule has 0 amide bonds. The third-order valence-corrected chi connectivity index (χ3v) is 2.69. The fourth-order valence-electron chi connectivity index (χ4n) is 1.75. The van der Waals surface area contributed by atoms with Crippen molar-refractivity contribution in [2.45, 2.75) is 6.92 Å². The molecule has 0 fully saturated rings. The summed E-state index contributed by atoms with van der Waals surface area (Å²) in [6.45, 7) is 1.54. The minimum Gasteiger partial charge on any atom is -0.298 e. The van der Waals surface area contributed by atoms with Crippen LogP contribution in [0.1, 0.15) is 27.6 Å². The molecule has 2 aromatic rings. The zero-order valence-corrected chi connectivity index (χ0v) is 9.51. The van der Waals surface area contributed by atoms with Gasteiger partial charge in [-0.15, -0.1) is 0 Å². The standard InChI is InChI=1S/C15H12O2/c1-11(17)12-6-8-13(9-7-12)15-5-3-2-4-14(15)10-16/h2-10H,1H3. The normalized spacial score (nSPS) is 9.94. The zero-order chi connectivity index (χ0) is 12.3. The van der Waals surface area contributed by atoms with Gasteiger partial charge in [0.2, 0.25) is 0 Å². The van der Waals surface area contributed by atoms with Gasteiger partial charge in [-0.05, 0) is 18.1 Å². The summed E-state index contributed by atoms with van der Waals surface area (Å²) >= 11 is 0. The topological polar surface area (TPSA) is 34.1 Å². The van der Waals surface area contributed by atoms with Crippen LogP contribution in [0.25, 0.3) is 11.1 Å². The molecule has 0 saturated heterocycles. The van der Waals surface area contributed by atoms with Gasteiger partial charge in [0.05, 0.1) is 0 Å². The monoisotopic (exact) mass is 224 g/mol. The van der Waals surface area contributed by atoms with Crippen molar-refractivity contribution in [2.75, 3.05) is 0 Å². The zero-order valence-electron chi connectivity index (χ0n) is 9.51. The van der Waals surface area contributed by atoms with Crippen LogP contribution in [0.15, 0.2) is 48.5 Å². The smallest absolute Gasteiger partial charge is 0.159 e. The fourth-order valence-corrected chi connectivity index (χ4v) is 1.75. The summed E-state index contributed by atoms with van der Waals surface area (Å²) in [7, 11) is 0. The Kier molecular flexibility index (Phi) is 3.15. The highest BCUT2D eigenvalue weighted by molar-refractivity contribution is 5.95. The summed E-state index contributed by atoms with van der Waals surface area (Å²) in [6, 6.07) is 14.7. The van der Waals surface area contributed by atoms with Gasteiger partial charge in [-0.2, -0.15) is 0 Å². The predicted octanol–water partition coefficient (Wildman–Crippen LogP) is 3.37. The molecule has 0 aromatic heterocycles. The van der Waals surface area contributed by atoms with Crippen molar-refractivity contribution in [3.63, 3.8) is 0 Å². The molecular formula is C15H12O2. The number of ketones is 1. The molecule has 0 heterocycles. The van der Waals surface area contributed by atoms with E-state index in [0.29, 0.717) is 11.1 Å². The van der Waals surface area contributed by atoms with Gasteiger partial charge in [-0.3, -0.25) is 9.59 Å². The lowest BCUT2D eigenvalue weighted by molar-refractivity contribution is 0.101. The maximum atomic E-state index is 11.2. The molecule has 0 N–H and O–H groups in total. The lowest BCUT2D eigenvalue weighted by atomic mass is 9.99. The average molecular weight is 224 g/mol. The van der Waals surface area contributed by atoms with E-state index >= 15 is 0 Å². The van der Waals surface area contributed by atoms with E-state index in [-0.39, 0.29) is 5.78 Å². The number of hydrogen-bond donors (Lipinski definition) is 0. The largest absolute Gasteiger partial charge is 0.298 e. The SMILES string of the molecule is CC(=O)c1ccc(-c2ccccc2C=O)cc1. The molecule has 84 valence electrons. The van der Waals surface area contributed by atoms with E-state index in [4.69, 9.17) is 0 Å². The minimum absolute atomic E-state index is 0.0419. The van der Waals surface area contributed by atoms with Crippen molar-refractivity contribution in [1.82, 2.24) is 0 Å². The van der Waals surface area contributed by atoms with E-state index in [1.165, 1.54) is 6.92 Å². The highest BCUT2D eigenvalue weighted by Gasteiger charge is 2.04. The fraction of sp³-hybridized carbons (Fsp3) is 0.0667. The Labute approximate surface area is 99.9 Å². The quantitative estimate of drug-likeness (QED) is 0.591. The van der Waals surface area contributed by atoms with Crippen molar-refractivity contribution in [3.05, 3.63) is 59.7 Å². The highest BCUT2D eigenvalue weighted by atomic mass is 16.1. The van der Waals surface area contributed by atoms with Crippen LogP contribution < -0.4 is 0 Å². The van der Waals surface area contributed by atoms with Crippen LogP contribution in [0.2, 0.25) is 0 Å².